The van der Waals surface area contributed by atoms with Gasteiger partial charge in [-0.3, -0.25) is 0 Å². The quantitative estimate of drug-likeness (QED) is 0.503. The fraction of sp³-hybridized carbons (Fsp3) is 0.542. The van der Waals surface area contributed by atoms with E-state index in [4.69, 9.17) is 28.6 Å². The highest BCUT2D eigenvalue weighted by Crippen LogP contribution is 2.35. The molecule has 1 aromatic heterocycles. The molecule has 4 rings (SSSR count). The van der Waals surface area contributed by atoms with Crippen LogP contribution in [0, 0.1) is 5.92 Å². The lowest BCUT2D eigenvalue weighted by Crippen LogP contribution is -2.45. The summed E-state index contributed by atoms with van der Waals surface area (Å²) in [6.45, 7) is 5.16. The Bertz CT molecular complexity index is 1020. The van der Waals surface area contributed by atoms with E-state index >= 15 is 0 Å². The van der Waals surface area contributed by atoms with E-state index in [2.05, 4.69) is 27.5 Å². The first kappa shape index (κ1) is 25.9. The molecule has 2 N–H and O–H groups in total. The second-order valence-corrected chi connectivity index (χ2v) is 10.2. The maximum atomic E-state index is 13.6. The summed E-state index contributed by atoms with van der Waals surface area (Å²) in [5.41, 5.74) is -0.121. The molecular weight excluding hydrogens is 499 g/mol. The molecule has 0 atom stereocenters. The molecule has 11 heteroatoms. The zero-order valence-corrected chi connectivity index (χ0v) is 21.1. The Morgan fingerprint density at radius 1 is 1.17 bits per heavy atom. The summed E-state index contributed by atoms with van der Waals surface area (Å²) in [6, 6.07) is 8.70. The third kappa shape index (κ3) is 6.54. The largest absolute Gasteiger partial charge is 0.433 e. The molecule has 0 bridgehead atoms. The number of thiocarbonyl (C=S) groups is 1. The van der Waals surface area contributed by atoms with Gasteiger partial charge in [0.1, 0.15) is 5.82 Å². The van der Waals surface area contributed by atoms with Gasteiger partial charge in [0, 0.05) is 49.4 Å². The van der Waals surface area contributed by atoms with E-state index in [1.807, 2.05) is 29.2 Å². The highest BCUT2D eigenvalue weighted by molar-refractivity contribution is 7.80. The number of rotatable bonds is 5. The maximum Gasteiger partial charge on any atom is 0.433 e. The number of nitrogens with one attached hydrogen (secondary N) is 2. The molecule has 2 fully saturated rings. The monoisotopic (exact) mass is 527 g/mol. The molecule has 0 spiro atoms. The average molecular weight is 528 g/mol. The Labute approximate surface area is 213 Å². The molecular formula is C24H29ClF3N5OS. The summed E-state index contributed by atoms with van der Waals surface area (Å²) in [5, 5.41) is 6.78. The van der Waals surface area contributed by atoms with Gasteiger partial charge in [-0.05, 0) is 61.5 Å². The summed E-state index contributed by atoms with van der Waals surface area (Å²) < 4.78 is 46.3. The summed E-state index contributed by atoms with van der Waals surface area (Å²) in [7, 11) is 0. The van der Waals surface area contributed by atoms with E-state index in [9.17, 15) is 13.2 Å². The lowest BCUT2D eigenvalue weighted by atomic mass is 9.74. The number of halogens is 4. The first-order valence-corrected chi connectivity index (χ1v) is 12.5. The van der Waals surface area contributed by atoms with E-state index in [0.717, 1.165) is 37.3 Å². The van der Waals surface area contributed by atoms with Crippen LogP contribution in [0.1, 0.15) is 43.9 Å². The molecule has 3 heterocycles. The van der Waals surface area contributed by atoms with E-state index in [1.165, 1.54) is 0 Å². The van der Waals surface area contributed by atoms with E-state index in [-0.39, 0.29) is 22.3 Å². The maximum absolute atomic E-state index is 13.6. The average Bonchev–Trinajstić information content (AvgIpc) is 2.83. The lowest BCUT2D eigenvalue weighted by Gasteiger charge is -2.38. The zero-order chi connectivity index (χ0) is 25.1. The molecule has 6 nitrogen and oxygen atoms in total. The van der Waals surface area contributed by atoms with Gasteiger partial charge in [-0.25, -0.2) is 4.98 Å². The van der Waals surface area contributed by atoms with Crippen molar-refractivity contribution in [3.05, 3.63) is 46.6 Å². The van der Waals surface area contributed by atoms with Gasteiger partial charge >= 0.3 is 6.18 Å². The Balaban J connectivity index is 1.49. The van der Waals surface area contributed by atoms with Crippen molar-refractivity contribution >= 4 is 40.7 Å². The highest BCUT2D eigenvalue weighted by Gasteiger charge is 2.36. The molecule has 0 amide bonds. The summed E-state index contributed by atoms with van der Waals surface area (Å²) in [4.78, 5) is 9.93. The van der Waals surface area contributed by atoms with Crippen LogP contribution in [-0.4, -0.2) is 47.9 Å². The third-order valence-corrected chi connectivity index (χ3v) is 7.33. The molecule has 0 radical (unpaired) electrons. The molecule has 2 aliphatic heterocycles. The van der Waals surface area contributed by atoms with Crippen molar-refractivity contribution in [2.45, 2.75) is 44.2 Å². The van der Waals surface area contributed by atoms with Crippen molar-refractivity contribution in [2.24, 2.45) is 5.92 Å². The van der Waals surface area contributed by atoms with Crippen LogP contribution in [0.5, 0.6) is 0 Å². The van der Waals surface area contributed by atoms with Crippen LogP contribution in [0.4, 0.5) is 24.9 Å². The van der Waals surface area contributed by atoms with Crippen molar-refractivity contribution in [1.29, 1.82) is 0 Å². The fourth-order valence-corrected chi connectivity index (χ4v) is 4.85. The Morgan fingerprint density at radius 2 is 1.83 bits per heavy atom. The van der Waals surface area contributed by atoms with Crippen molar-refractivity contribution < 1.29 is 17.9 Å². The number of piperidine rings is 1. The minimum atomic E-state index is -4.59. The number of aromatic nitrogens is 2. The Morgan fingerprint density at radius 3 is 2.46 bits per heavy atom. The number of benzene rings is 1. The van der Waals surface area contributed by atoms with E-state index < -0.39 is 11.9 Å². The number of ether oxygens (including phenoxy) is 1. The molecule has 190 valence electrons. The summed E-state index contributed by atoms with van der Waals surface area (Å²) >= 11 is 11.5. The second-order valence-electron chi connectivity index (χ2n) is 9.31. The van der Waals surface area contributed by atoms with Gasteiger partial charge in [0.2, 0.25) is 5.95 Å². The number of hydrogen-bond acceptors (Lipinski definition) is 5. The summed E-state index contributed by atoms with van der Waals surface area (Å²) in [6.07, 6.45) is -1.22. The van der Waals surface area contributed by atoms with Crippen molar-refractivity contribution in [3.8, 4) is 0 Å². The van der Waals surface area contributed by atoms with Crippen molar-refractivity contribution in [1.82, 2.24) is 15.3 Å². The SMILES string of the molecule is CC1CCN(c2cc(C(F)(F)F)nc(NC(=S)NCC3(c4ccc(Cl)cc4)CCOCC3)n2)CC1. The van der Waals surface area contributed by atoms with Crippen LogP contribution < -0.4 is 15.5 Å². The molecule has 1 aromatic carbocycles. The minimum absolute atomic E-state index is 0.168. The van der Waals surface area contributed by atoms with Gasteiger partial charge in [-0.15, -0.1) is 0 Å². The van der Waals surface area contributed by atoms with Gasteiger partial charge < -0.3 is 20.3 Å². The zero-order valence-electron chi connectivity index (χ0n) is 19.5. The predicted molar refractivity (Wildman–Crippen MR) is 135 cm³/mol. The van der Waals surface area contributed by atoms with Gasteiger partial charge in [0.25, 0.3) is 0 Å². The van der Waals surface area contributed by atoms with E-state index in [0.29, 0.717) is 43.8 Å². The van der Waals surface area contributed by atoms with Crippen LogP contribution in [0.3, 0.4) is 0 Å². The molecule has 0 saturated carbocycles. The highest BCUT2D eigenvalue weighted by atomic mass is 35.5. The number of alkyl halides is 3. The first-order valence-electron chi connectivity index (χ1n) is 11.7. The van der Waals surface area contributed by atoms with Crippen LogP contribution in [0.15, 0.2) is 30.3 Å². The van der Waals surface area contributed by atoms with Gasteiger partial charge in [0.15, 0.2) is 10.8 Å². The normalized spacial score (nSPS) is 18.8. The number of hydrogen-bond donors (Lipinski definition) is 2. The summed E-state index contributed by atoms with van der Waals surface area (Å²) in [5.74, 6) is 0.632. The topological polar surface area (TPSA) is 62.3 Å². The molecule has 35 heavy (non-hydrogen) atoms. The van der Waals surface area contributed by atoms with Crippen molar-refractivity contribution in [2.75, 3.05) is 43.1 Å². The molecule has 2 aromatic rings. The van der Waals surface area contributed by atoms with E-state index in [1.54, 1.807) is 0 Å². The molecule has 2 aliphatic rings. The van der Waals surface area contributed by atoms with Gasteiger partial charge in [-0.1, -0.05) is 30.7 Å². The number of anilines is 2. The molecule has 0 aliphatic carbocycles. The standard InChI is InChI=1S/C24H29ClF3N5OS/c1-16-6-10-33(11-7-16)20-14-19(24(26,27)28)30-21(31-20)32-22(35)29-15-23(8-12-34-13-9-23)17-2-4-18(25)5-3-17/h2-5,14,16H,6-13,15H2,1H3,(H2,29,30,31,32,35). The number of nitrogens with zero attached hydrogens (tertiary/aromatic N) is 3. The second kappa shape index (κ2) is 10.8. The molecule has 0 unspecified atom stereocenters. The van der Waals surface area contributed by atoms with Crippen LogP contribution >= 0.6 is 23.8 Å². The van der Waals surface area contributed by atoms with Crippen LogP contribution in [0.2, 0.25) is 5.02 Å². The first-order chi connectivity index (χ1) is 16.6. The van der Waals surface area contributed by atoms with Crippen molar-refractivity contribution in [3.63, 3.8) is 0 Å². The third-order valence-electron chi connectivity index (χ3n) is 6.83. The van der Waals surface area contributed by atoms with Crippen LogP contribution in [0.25, 0.3) is 0 Å². The van der Waals surface area contributed by atoms with Gasteiger partial charge in [-0.2, -0.15) is 18.2 Å². The minimum Gasteiger partial charge on any atom is -0.381 e. The smallest absolute Gasteiger partial charge is 0.381 e. The molecule has 2 saturated heterocycles. The van der Waals surface area contributed by atoms with Gasteiger partial charge in [0.05, 0.1) is 0 Å². The van der Waals surface area contributed by atoms with Crippen LogP contribution in [-0.2, 0) is 16.3 Å². The fourth-order valence-electron chi connectivity index (χ4n) is 4.56. The Hall–Kier alpha value is -2.17. The lowest BCUT2D eigenvalue weighted by molar-refractivity contribution is -0.141. The predicted octanol–water partition coefficient (Wildman–Crippen LogP) is 5.42. The Kier molecular flexibility index (Phi) is 8.02.